The zero-order chi connectivity index (χ0) is 13.1. The van der Waals surface area contributed by atoms with E-state index in [1.54, 1.807) is 13.0 Å². The maximum atomic E-state index is 8.76. The minimum absolute atomic E-state index is 0.240. The Bertz CT molecular complexity index is 604. The summed E-state index contributed by atoms with van der Waals surface area (Å²) in [5.41, 5.74) is 0.714. The van der Waals surface area contributed by atoms with Gasteiger partial charge in [-0.2, -0.15) is 5.26 Å². The molecule has 0 spiro atoms. The van der Waals surface area contributed by atoms with Crippen LogP contribution in [0.15, 0.2) is 29.4 Å². The summed E-state index contributed by atoms with van der Waals surface area (Å²) in [6, 6.07) is 9.36. The smallest absolute Gasteiger partial charge is 0.211 e. The molecule has 1 atom stereocenters. The van der Waals surface area contributed by atoms with Crippen LogP contribution in [0.1, 0.15) is 6.92 Å². The fraction of sp³-hybridized carbons (Fsp3) is 0.182. The van der Waals surface area contributed by atoms with Crippen LogP contribution in [-0.4, -0.2) is 20.1 Å². The summed E-state index contributed by atoms with van der Waals surface area (Å²) in [7, 11) is 0. The normalized spacial score (nSPS) is 12.1. The van der Waals surface area contributed by atoms with Crippen molar-refractivity contribution in [3.63, 3.8) is 0 Å². The number of hydrogen-bond acceptors (Lipinski definition) is 5. The van der Waals surface area contributed by atoms with Gasteiger partial charge in [0.15, 0.2) is 5.82 Å². The van der Waals surface area contributed by atoms with Gasteiger partial charge in [-0.3, -0.25) is 0 Å². The van der Waals surface area contributed by atoms with Crippen molar-refractivity contribution < 1.29 is 0 Å². The molecule has 0 unspecified atom stereocenters. The molecule has 0 saturated heterocycles. The fourth-order valence-corrected chi connectivity index (χ4v) is 2.25. The zero-order valence-electron chi connectivity index (χ0n) is 9.54. The van der Waals surface area contributed by atoms with E-state index in [-0.39, 0.29) is 5.25 Å². The van der Waals surface area contributed by atoms with Crippen molar-refractivity contribution in [3.8, 4) is 17.5 Å². The molecular formula is C11H10ClN5S. The van der Waals surface area contributed by atoms with Crippen LogP contribution in [-0.2, 0) is 0 Å². The van der Waals surface area contributed by atoms with Gasteiger partial charge in [0.1, 0.15) is 0 Å². The third-order valence-electron chi connectivity index (χ3n) is 2.24. The molecule has 0 aliphatic heterocycles. The number of rotatable bonds is 3. The lowest BCUT2D eigenvalue weighted by molar-refractivity contribution is 0.848. The van der Waals surface area contributed by atoms with Crippen LogP contribution in [0.25, 0.3) is 11.4 Å². The van der Waals surface area contributed by atoms with E-state index in [4.69, 9.17) is 22.7 Å². The lowest BCUT2D eigenvalue weighted by atomic mass is 10.2. The van der Waals surface area contributed by atoms with E-state index >= 15 is 0 Å². The minimum Gasteiger partial charge on any atom is -0.335 e. The molecule has 1 aromatic carbocycles. The van der Waals surface area contributed by atoms with E-state index in [1.165, 1.54) is 16.4 Å². The Morgan fingerprint density at radius 1 is 1.44 bits per heavy atom. The Morgan fingerprint density at radius 2 is 2.17 bits per heavy atom. The highest BCUT2D eigenvalue weighted by Crippen LogP contribution is 2.28. The number of benzene rings is 1. The first-order valence-electron chi connectivity index (χ1n) is 5.15. The van der Waals surface area contributed by atoms with Gasteiger partial charge in [-0.05, 0) is 19.1 Å². The largest absolute Gasteiger partial charge is 0.335 e. The van der Waals surface area contributed by atoms with E-state index in [9.17, 15) is 0 Å². The Kier molecular flexibility index (Phi) is 3.75. The number of nitrogen functional groups attached to an aromatic ring is 1. The van der Waals surface area contributed by atoms with Crippen molar-refractivity contribution in [1.82, 2.24) is 14.9 Å². The molecule has 0 bridgehead atoms. The van der Waals surface area contributed by atoms with Crippen molar-refractivity contribution >= 4 is 23.4 Å². The summed E-state index contributed by atoms with van der Waals surface area (Å²) in [6.07, 6.45) is 0. The second-order valence-corrected chi connectivity index (χ2v) is 5.26. The zero-order valence-corrected chi connectivity index (χ0v) is 11.1. The lowest BCUT2D eigenvalue weighted by Gasteiger charge is -2.05. The molecule has 0 fully saturated rings. The van der Waals surface area contributed by atoms with E-state index in [0.717, 1.165) is 0 Å². The number of nitrogens with two attached hydrogens (primary N) is 1. The first-order valence-corrected chi connectivity index (χ1v) is 6.41. The molecule has 0 aliphatic carbocycles. The monoisotopic (exact) mass is 279 g/mol. The SMILES string of the molecule is C[C@@H](C#N)Sc1nnc(-c2ccccc2Cl)n1N. The van der Waals surface area contributed by atoms with Gasteiger partial charge in [0.05, 0.1) is 16.3 Å². The molecule has 0 saturated carbocycles. The maximum Gasteiger partial charge on any atom is 0.211 e. The average molecular weight is 280 g/mol. The van der Waals surface area contributed by atoms with Crippen molar-refractivity contribution in [1.29, 1.82) is 5.26 Å². The highest BCUT2D eigenvalue weighted by Gasteiger charge is 2.16. The van der Waals surface area contributed by atoms with Gasteiger partial charge >= 0.3 is 0 Å². The highest BCUT2D eigenvalue weighted by atomic mass is 35.5. The molecule has 2 rings (SSSR count). The molecule has 0 amide bonds. The molecule has 92 valence electrons. The average Bonchev–Trinajstić information content (AvgIpc) is 2.72. The third kappa shape index (κ3) is 2.42. The number of nitriles is 1. The van der Waals surface area contributed by atoms with Gasteiger partial charge in [0, 0.05) is 5.56 Å². The molecular weight excluding hydrogens is 270 g/mol. The van der Waals surface area contributed by atoms with E-state index in [1.807, 2.05) is 18.2 Å². The molecule has 5 nitrogen and oxygen atoms in total. The molecule has 18 heavy (non-hydrogen) atoms. The predicted octanol–water partition coefficient (Wildman–Crippen LogP) is 2.32. The molecule has 0 aliphatic rings. The van der Waals surface area contributed by atoms with Crippen molar-refractivity contribution in [2.45, 2.75) is 17.3 Å². The minimum atomic E-state index is -0.240. The summed E-state index contributed by atoms with van der Waals surface area (Å²) in [6.45, 7) is 1.77. The summed E-state index contributed by atoms with van der Waals surface area (Å²) in [5, 5.41) is 17.5. The number of aromatic nitrogens is 3. The summed E-state index contributed by atoms with van der Waals surface area (Å²) >= 11 is 7.33. The van der Waals surface area contributed by atoms with Crippen molar-refractivity contribution in [2.75, 3.05) is 5.84 Å². The Hall–Kier alpha value is -1.71. The summed E-state index contributed by atoms with van der Waals surface area (Å²) in [5.74, 6) is 6.39. The van der Waals surface area contributed by atoms with E-state index < -0.39 is 0 Å². The fourth-order valence-electron chi connectivity index (χ4n) is 1.37. The quantitative estimate of drug-likeness (QED) is 0.689. The Morgan fingerprint density at radius 3 is 2.83 bits per heavy atom. The third-order valence-corrected chi connectivity index (χ3v) is 3.52. The van der Waals surface area contributed by atoms with Gasteiger partial charge in [-0.1, -0.05) is 35.5 Å². The van der Waals surface area contributed by atoms with Crippen LogP contribution in [0.5, 0.6) is 0 Å². The highest BCUT2D eigenvalue weighted by molar-refractivity contribution is 8.00. The molecule has 2 N–H and O–H groups in total. The first kappa shape index (κ1) is 12.7. The van der Waals surface area contributed by atoms with Crippen molar-refractivity contribution in [3.05, 3.63) is 29.3 Å². The topological polar surface area (TPSA) is 80.5 Å². The van der Waals surface area contributed by atoms with Crippen LogP contribution in [0.4, 0.5) is 0 Å². The van der Waals surface area contributed by atoms with Crippen LogP contribution in [0.2, 0.25) is 5.02 Å². The van der Waals surface area contributed by atoms with Gasteiger partial charge in [-0.15, -0.1) is 10.2 Å². The van der Waals surface area contributed by atoms with Crippen LogP contribution < -0.4 is 5.84 Å². The van der Waals surface area contributed by atoms with Gasteiger partial charge < -0.3 is 5.84 Å². The van der Waals surface area contributed by atoms with Gasteiger partial charge in [0.2, 0.25) is 5.16 Å². The number of halogens is 1. The second-order valence-electron chi connectivity index (χ2n) is 3.55. The van der Waals surface area contributed by atoms with Gasteiger partial charge in [-0.25, -0.2) is 4.68 Å². The second kappa shape index (κ2) is 5.29. The maximum absolute atomic E-state index is 8.76. The van der Waals surface area contributed by atoms with Crippen LogP contribution in [0, 0.1) is 11.3 Å². The lowest BCUT2D eigenvalue weighted by Crippen LogP contribution is -2.12. The molecule has 7 heteroatoms. The molecule has 2 aromatic rings. The van der Waals surface area contributed by atoms with Crippen LogP contribution in [0.3, 0.4) is 0 Å². The first-order chi connectivity index (χ1) is 8.63. The van der Waals surface area contributed by atoms with Gasteiger partial charge in [0.25, 0.3) is 0 Å². The molecule has 1 heterocycles. The summed E-state index contributed by atoms with van der Waals surface area (Å²) in [4.78, 5) is 0. The number of hydrogen-bond donors (Lipinski definition) is 1. The molecule has 1 aromatic heterocycles. The number of nitrogens with zero attached hydrogens (tertiary/aromatic N) is 4. The predicted molar refractivity (Wildman–Crippen MR) is 71.6 cm³/mol. The summed E-state index contributed by atoms with van der Waals surface area (Å²) < 4.78 is 1.35. The van der Waals surface area contributed by atoms with E-state index in [2.05, 4.69) is 16.3 Å². The Labute approximate surface area is 114 Å². The molecule has 0 radical (unpaired) electrons. The Balaban J connectivity index is 2.38. The van der Waals surface area contributed by atoms with Crippen LogP contribution >= 0.6 is 23.4 Å². The number of thioether (sulfide) groups is 1. The van der Waals surface area contributed by atoms with E-state index in [0.29, 0.717) is 21.6 Å². The standard InChI is InChI=1S/C11H10ClN5S/c1-7(6-13)18-11-16-15-10(17(11)14)8-4-2-3-5-9(8)12/h2-5,7H,14H2,1H3/t7-/m0/s1. The van der Waals surface area contributed by atoms with Crippen molar-refractivity contribution in [2.24, 2.45) is 0 Å².